The molecule has 7 nitrogen and oxygen atoms in total. The first-order valence-corrected chi connectivity index (χ1v) is 11.0. The van der Waals surface area contributed by atoms with Gasteiger partial charge in [-0.3, -0.25) is 4.90 Å². The van der Waals surface area contributed by atoms with Gasteiger partial charge in [-0.15, -0.1) is 0 Å². The highest BCUT2D eigenvalue weighted by Crippen LogP contribution is 2.28. The molecule has 2 N–H and O–H groups in total. The molecule has 0 spiro atoms. The highest BCUT2D eigenvalue weighted by Gasteiger charge is 2.28. The standard InChI is InChI=1S/C26H25FN4O3/c1-18(33)26-29-11-13-31(26)22(17-32)8-4-19-2-5-20(6-3-19)21-7-9-25(24(27)14-21)34-23-15-30(16-23)12-10-28/h2-3,5-7,9,11,13-14,18,22-23,32-33H,12,15-17H2,1H3/t18-,22-/m0/s1. The van der Waals surface area contributed by atoms with Crippen molar-refractivity contribution < 1.29 is 19.3 Å². The molecule has 1 aromatic heterocycles. The largest absolute Gasteiger partial charge is 0.485 e. The molecule has 1 aliphatic heterocycles. The number of halogens is 1. The van der Waals surface area contributed by atoms with Gasteiger partial charge in [-0.2, -0.15) is 5.26 Å². The highest BCUT2D eigenvalue weighted by molar-refractivity contribution is 5.65. The Morgan fingerprint density at radius 2 is 1.94 bits per heavy atom. The molecule has 4 rings (SSSR count). The minimum atomic E-state index is -0.769. The number of likely N-dealkylation sites (tertiary alicyclic amines) is 1. The van der Waals surface area contributed by atoms with Crippen LogP contribution in [0, 0.1) is 29.0 Å². The summed E-state index contributed by atoms with van der Waals surface area (Å²) in [5.41, 5.74) is 2.30. The first kappa shape index (κ1) is 23.5. The van der Waals surface area contributed by atoms with Gasteiger partial charge in [0.25, 0.3) is 0 Å². The molecule has 1 saturated heterocycles. The van der Waals surface area contributed by atoms with E-state index in [2.05, 4.69) is 22.9 Å². The Balaban J connectivity index is 1.42. The summed E-state index contributed by atoms with van der Waals surface area (Å²) in [6.45, 7) is 2.99. The van der Waals surface area contributed by atoms with Crippen molar-refractivity contribution in [1.29, 1.82) is 5.26 Å². The maximum atomic E-state index is 14.6. The van der Waals surface area contributed by atoms with Crippen LogP contribution in [0.5, 0.6) is 5.75 Å². The molecule has 0 unspecified atom stereocenters. The van der Waals surface area contributed by atoms with Gasteiger partial charge in [-0.05, 0) is 42.3 Å². The van der Waals surface area contributed by atoms with E-state index in [4.69, 9.17) is 10.00 Å². The Bertz CT molecular complexity index is 1230. The molecule has 1 fully saturated rings. The number of aliphatic hydroxyl groups excluding tert-OH is 2. The zero-order valence-corrected chi connectivity index (χ0v) is 18.7. The lowest BCUT2D eigenvalue weighted by Gasteiger charge is -2.37. The smallest absolute Gasteiger partial charge is 0.165 e. The molecule has 2 atom stereocenters. The third-order valence-corrected chi connectivity index (χ3v) is 5.63. The van der Waals surface area contributed by atoms with Gasteiger partial charge >= 0.3 is 0 Å². The Kier molecular flexibility index (Phi) is 7.24. The Morgan fingerprint density at radius 3 is 2.59 bits per heavy atom. The molecule has 8 heteroatoms. The van der Waals surface area contributed by atoms with Crippen molar-refractivity contribution in [1.82, 2.24) is 14.5 Å². The summed E-state index contributed by atoms with van der Waals surface area (Å²) in [5.74, 6) is 6.27. The second-order valence-electron chi connectivity index (χ2n) is 8.15. The van der Waals surface area contributed by atoms with Crippen LogP contribution < -0.4 is 4.74 Å². The lowest BCUT2D eigenvalue weighted by atomic mass is 10.0. The lowest BCUT2D eigenvalue weighted by Crippen LogP contribution is -2.53. The first-order chi connectivity index (χ1) is 16.5. The molecule has 2 aromatic carbocycles. The van der Waals surface area contributed by atoms with Gasteiger partial charge in [-0.25, -0.2) is 9.37 Å². The fraction of sp³-hybridized carbons (Fsp3) is 0.308. The molecule has 0 amide bonds. The van der Waals surface area contributed by atoms with Gasteiger partial charge in [-0.1, -0.05) is 30.0 Å². The van der Waals surface area contributed by atoms with E-state index in [9.17, 15) is 14.6 Å². The van der Waals surface area contributed by atoms with Crippen LogP contribution in [0.15, 0.2) is 54.9 Å². The van der Waals surface area contributed by atoms with E-state index in [0.29, 0.717) is 25.5 Å². The van der Waals surface area contributed by atoms with Crippen molar-refractivity contribution in [2.75, 3.05) is 26.2 Å². The topological polar surface area (TPSA) is 94.5 Å². The van der Waals surface area contributed by atoms with Crippen molar-refractivity contribution in [2.24, 2.45) is 0 Å². The highest BCUT2D eigenvalue weighted by atomic mass is 19.1. The summed E-state index contributed by atoms with van der Waals surface area (Å²) in [6.07, 6.45) is 2.37. The van der Waals surface area contributed by atoms with Crippen LogP contribution in [0.1, 0.15) is 30.5 Å². The Hall–Kier alpha value is -3.69. The molecular formula is C26H25FN4O3. The van der Waals surface area contributed by atoms with Crippen molar-refractivity contribution >= 4 is 0 Å². The van der Waals surface area contributed by atoms with Crippen LogP contribution in [-0.2, 0) is 0 Å². The number of imidazole rings is 1. The average molecular weight is 461 g/mol. The summed E-state index contributed by atoms with van der Waals surface area (Å²) in [5, 5.41) is 28.3. The minimum absolute atomic E-state index is 0.103. The quantitative estimate of drug-likeness (QED) is 0.416. The summed E-state index contributed by atoms with van der Waals surface area (Å²) >= 11 is 0. The van der Waals surface area contributed by atoms with Crippen molar-refractivity contribution in [3.63, 3.8) is 0 Å². The first-order valence-electron chi connectivity index (χ1n) is 11.0. The van der Waals surface area contributed by atoms with Gasteiger partial charge in [0, 0.05) is 31.0 Å². The predicted molar refractivity (Wildman–Crippen MR) is 124 cm³/mol. The van der Waals surface area contributed by atoms with E-state index < -0.39 is 18.0 Å². The molecule has 0 aliphatic carbocycles. The van der Waals surface area contributed by atoms with Crippen LogP contribution in [0.2, 0.25) is 0 Å². The van der Waals surface area contributed by atoms with Crippen LogP contribution >= 0.6 is 0 Å². The zero-order valence-electron chi connectivity index (χ0n) is 18.7. The van der Waals surface area contributed by atoms with Crippen molar-refractivity contribution in [3.05, 3.63) is 72.1 Å². The third-order valence-electron chi connectivity index (χ3n) is 5.63. The summed E-state index contributed by atoms with van der Waals surface area (Å²) in [6, 6.07) is 13.8. The van der Waals surface area contributed by atoms with Crippen molar-refractivity contribution in [3.8, 4) is 34.8 Å². The molecule has 1 aliphatic rings. The molecule has 3 aromatic rings. The normalized spacial score (nSPS) is 15.5. The fourth-order valence-electron chi connectivity index (χ4n) is 3.81. The zero-order chi connectivity index (χ0) is 24.1. The summed E-state index contributed by atoms with van der Waals surface area (Å²) < 4.78 is 21.9. The maximum absolute atomic E-state index is 14.6. The molecular weight excluding hydrogens is 435 g/mol. The fourth-order valence-corrected chi connectivity index (χ4v) is 3.81. The number of aromatic nitrogens is 2. The minimum Gasteiger partial charge on any atom is -0.485 e. The molecule has 0 saturated carbocycles. The van der Waals surface area contributed by atoms with E-state index in [1.54, 1.807) is 30.0 Å². The number of nitrogens with zero attached hydrogens (tertiary/aromatic N) is 4. The number of hydrogen-bond donors (Lipinski definition) is 2. The van der Waals surface area contributed by atoms with E-state index in [1.165, 1.54) is 6.07 Å². The maximum Gasteiger partial charge on any atom is 0.165 e. The summed E-state index contributed by atoms with van der Waals surface area (Å²) in [7, 11) is 0. The third kappa shape index (κ3) is 5.27. The number of benzene rings is 2. The number of aliphatic hydroxyl groups is 2. The second-order valence-corrected chi connectivity index (χ2v) is 8.15. The van der Waals surface area contributed by atoms with Gasteiger partial charge in [0.2, 0.25) is 0 Å². The monoisotopic (exact) mass is 460 g/mol. The average Bonchev–Trinajstić information content (AvgIpc) is 3.30. The van der Waals surface area contributed by atoms with Gasteiger partial charge in [0.15, 0.2) is 11.6 Å². The molecule has 2 heterocycles. The van der Waals surface area contributed by atoms with Gasteiger partial charge in [0.05, 0.1) is 19.2 Å². The molecule has 34 heavy (non-hydrogen) atoms. The SMILES string of the molecule is C[C@H](O)c1nccn1[C@@H](C#Cc1ccc(-c2ccc(OC3CN(CC#N)C3)c(F)c2)cc1)CO. The number of ether oxygens (including phenoxy) is 1. The van der Waals surface area contributed by atoms with Crippen LogP contribution in [0.25, 0.3) is 11.1 Å². The molecule has 0 bridgehead atoms. The van der Waals surface area contributed by atoms with Crippen LogP contribution in [0.4, 0.5) is 4.39 Å². The van der Waals surface area contributed by atoms with Crippen LogP contribution in [0.3, 0.4) is 0 Å². The van der Waals surface area contributed by atoms with Crippen molar-refractivity contribution in [2.45, 2.75) is 25.2 Å². The molecule has 174 valence electrons. The molecule has 0 radical (unpaired) electrons. The van der Waals surface area contributed by atoms with Crippen LogP contribution in [-0.4, -0.2) is 57.0 Å². The van der Waals surface area contributed by atoms with E-state index in [1.807, 2.05) is 35.2 Å². The lowest BCUT2D eigenvalue weighted by molar-refractivity contribution is 0.0268. The Morgan fingerprint density at radius 1 is 1.21 bits per heavy atom. The number of nitriles is 1. The van der Waals surface area contributed by atoms with E-state index >= 15 is 0 Å². The summed E-state index contributed by atoms with van der Waals surface area (Å²) in [4.78, 5) is 6.05. The Labute approximate surface area is 197 Å². The second kappa shape index (κ2) is 10.5. The number of hydrogen-bond acceptors (Lipinski definition) is 6. The predicted octanol–water partition coefficient (Wildman–Crippen LogP) is 2.91. The van der Waals surface area contributed by atoms with E-state index in [-0.39, 0.29) is 18.5 Å². The van der Waals surface area contributed by atoms with Gasteiger partial charge in [0.1, 0.15) is 24.1 Å². The van der Waals surface area contributed by atoms with Gasteiger partial charge < -0.3 is 19.5 Å². The number of rotatable bonds is 7. The van der Waals surface area contributed by atoms with E-state index in [0.717, 1.165) is 16.7 Å².